The lowest BCUT2D eigenvalue weighted by atomic mass is 10.1. The Balaban J connectivity index is 1.65. The Morgan fingerprint density at radius 3 is 2.84 bits per heavy atom. The molecular weight excluding hydrogens is 380 g/mol. The minimum Gasteiger partial charge on any atom is -0.455 e. The molecular formula is C20H15BrN2O2. The first kappa shape index (κ1) is 17.0. The summed E-state index contributed by atoms with van der Waals surface area (Å²) in [6.45, 7) is 2.27. The zero-order valence-electron chi connectivity index (χ0n) is 13.6. The van der Waals surface area contributed by atoms with E-state index in [0.717, 1.165) is 21.4 Å². The quantitative estimate of drug-likeness (QED) is 0.427. The van der Waals surface area contributed by atoms with Crippen LogP contribution in [0.4, 0.5) is 0 Å². The fourth-order valence-electron chi connectivity index (χ4n) is 2.34. The van der Waals surface area contributed by atoms with Crippen molar-refractivity contribution < 1.29 is 9.25 Å². The van der Waals surface area contributed by atoms with Crippen molar-refractivity contribution in [3.63, 3.8) is 0 Å². The second-order valence-electron chi connectivity index (χ2n) is 5.46. The van der Waals surface area contributed by atoms with Gasteiger partial charge in [0.2, 0.25) is 0 Å². The number of aryl methyl sites for hydroxylation is 1. The Bertz CT molecular complexity index is 954. The minimum atomic E-state index is 0.233. The topological polar surface area (TPSA) is 58.5 Å². The number of nitriles is 1. The van der Waals surface area contributed by atoms with Gasteiger partial charge in [-0.05, 0) is 42.8 Å². The van der Waals surface area contributed by atoms with Crippen LogP contribution >= 0.6 is 15.9 Å². The van der Waals surface area contributed by atoms with Gasteiger partial charge in [0.25, 0.3) is 0 Å². The highest BCUT2D eigenvalue weighted by molar-refractivity contribution is 9.10. The highest BCUT2D eigenvalue weighted by Gasteiger charge is 2.08. The molecule has 0 saturated carbocycles. The number of benzene rings is 2. The van der Waals surface area contributed by atoms with Gasteiger partial charge in [-0.1, -0.05) is 45.4 Å². The van der Waals surface area contributed by atoms with Crippen LogP contribution in [-0.2, 0) is 11.4 Å². The average molecular weight is 395 g/mol. The molecule has 0 N–H and O–H groups in total. The monoisotopic (exact) mass is 394 g/mol. The Hall–Kier alpha value is -2.84. The number of oxime groups is 1. The Morgan fingerprint density at radius 1 is 1.20 bits per heavy atom. The summed E-state index contributed by atoms with van der Waals surface area (Å²) in [5.74, 6) is 1.35. The highest BCUT2D eigenvalue weighted by atomic mass is 79.9. The molecule has 3 rings (SSSR count). The Labute approximate surface area is 154 Å². The lowest BCUT2D eigenvalue weighted by molar-refractivity contribution is 0.131. The van der Waals surface area contributed by atoms with E-state index in [-0.39, 0.29) is 6.61 Å². The molecule has 0 fully saturated rings. The molecule has 0 atom stereocenters. The van der Waals surface area contributed by atoms with Crippen molar-refractivity contribution in [2.45, 2.75) is 13.5 Å². The van der Waals surface area contributed by atoms with Crippen LogP contribution in [0.5, 0.6) is 0 Å². The maximum Gasteiger partial charge on any atom is 0.149 e. The summed E-state index contributed by atoms with van der Waals surface area (Å²) in [4.78, 5) is 5.27. The van der Waals surface area contributed by atoms with E-state index in [0.29, 0.717) is 11.3 Å². The van der Waals surface area contributed by atoms with Crippen molar-refractivity contribution in [3.8, 4) is 17.4 Å². The van der Waals surface area contributed by atoms with Gasteiger partial charge in [-0.2, -0.15) is 5.26 Å². The van der Waals surface area contributed by atoms with Gasteiger partial charge in [0.15, 0.2) is 0 Å². The fourth-order valence-corrected chi connectivity index (χ4v) is 3.03. The van der Waals surface area contributed by atoms with E-state index in [4.69, 9.17) is 14.5 Å². The van der Waals surface area contributed by atoms with Crippen LogP contribution in [0.15, 0.2) is 68.6 Å². The van der Waals surface area contributed by atoms with Crippen molar-refractivity contribution in [1.29, 1.82) is 5.26 Å². The molecule has 25 heavy (non-hydrogen) atoms. The molecule has 4 nitrogen and oxygen atoms in total. The van der Waals surface area contributed by atoms with Crippen molar-refractivity contribution in [3.05, 3.63) is 81.5 Å². The second kappa shape index (κ2) is 7.82. The van der Waals surface area contributed by atoms with E-state index in [1.165, 1.54) is 11.8 Å². The Morgan fingerprint density at radius 2 is 2.04 bits per heavy atom. The van der Waals surface area contributed by atoms with Crippen LogP contribution in [-0.4, -0.2) is 6.21 Å². The fraction of sp³-hybridized carbons (Fsp3) is 0.100. The lowest BCUT2D eigenvalue weighted by Crippen LogP contribution is -1.91. The van der Waals surface area contributed by atoms with Gasteiger partial charge < -0.3 is 9.25 Å². The zero-order chi connectivity index (χ0) is 17.6. The third kappa shape index (κ3) is 4.17. The van der Waals surface area contributed by atoms with Crippen LogP contribution < -0.4 is 0 Å². The predicted octanol–water partition coefficient (Wildman–Crippen LogP) is 5.44. The van der Waals surface area contributed by atoms with Gasteiger partial charge in [-0.3, -0.25) is 0 Å². The number of hydrogen-bond acceptors (Lipinski definition) is 4. The summed E-state index contributed by atoms with van der Waals surface area (Å²) in [7, 11) is 0. The first-order valence-electron chi connectivity index (χ1n) is 7.67. The van der Waals surface area contributed by atoms with E-state index in [1.807, 2.05) is 55.5 Å². The van der Waals surface area contributed by atoms with E-state index >= 15 is 0 Å². The molecule has 2 aromatic carbocycles. The molecule has 3 aromatic rings. The van der Waals surface area contributed by atoms with Crippen LogP contribution in [0.3, 0.4) is 0 Å². The largest absolute Gasteiger partial charge is 0.455 e. The molecule has 0 spiro atoms. The summed E-state index contributed by atoms with van der Waals surface area (Å²) < 4.78 is 6.76. The van der Waals surface area contributed by atoms with Crippen LogP contribution in [0.1, 0.15) is 22.5 Å². The van der Waals surface area contributed by atoms with Gasteiger partial charge in [-0.15, -0.1) is 0 Å². The SMILES string of the molecule is Cc1ccc(-c2ccc(/C=N/OCc3ccccc3C#N)o2)c(Br)c1. The molecule has 1 aromatic heterocycles. The summed E-state index contributed by atoms with van der Waals surface area (Å²) >= 11 is 3.55. The molecule has 0 bridgehead atoms. The van der Waals surface area contributed by atoms with Crippen LogP contribution in [0, 0.1) is 18.3 Å². The van der Waals surface area contributed by atoms with E-state index in [9.17, 15) is 0 Å². The third-order valence-corrected chi connectivity index (χ3v) is 4.29. The minimum absolute atomic E-state index is 0.233. The molecule has 5 heteroatoms. The molecule has 0 saturated heterocycles. The van der Waals surface area contributed by atoms with Crippen molar-refractivity contribution in [2.75, 3.05) is 0 Å². The molecule has 0 aliphatic carbocycles. The number of furan rings is 1. The van der Waals surface area contributed by atoms with Gasteiger partial charge >= 0.3 is 0 Å². The van der Waals surface area contributed by atoms with E-state index in [2.05, 4.69) is 27.2 Å². The lowest BCUT2D eigenvalue weighted by Gasteiger charge is -2.02. The van der Waals surface area contributed by atoms with Crippen LogP contribution in [0.2, 0.25) is 0 Å². The Kier molecular flexibility index (Phi) is 5.32. The van der Waals surface area contributed by atoms with E-state index in [1.54, 1.807) is 6.07 Å². The summed E-state index contributed by atoms with van der Waals surface area (Å²) in [6.07, 6.45) is 1.51. The summed E-state index contributed by atoms with van der Waals surface area (Å²) in [5.41, 5.74) is 3.54. The van der Waals surface area contributed by atoms with Crippen LogP contribution in [0.25, 0.3) is 11.3 Å². The van der Waals surface area contributed by atoms with Gasteiger partial charge in [0.1, 0.15) is 24.3 Å². The van der Waals surface area contributed by atoms with Gasteiger partial charge in [0, 0.05) is 15.6 Å². The molecule has 0 aliphatic heterocycles. The molecule has 124 valence electrons. The standard InChI is InChI=1S/C20H15BrN2O2/c1-14-6-8-18(19(21)10-14)20-9-7-17(25-20)12-23-24-13-16-5-3-2-4-15(16)11-22/h2-10,12H,13H2,1H3/b23-12+. The first-order chi connectivity index (χ1) is 12.2. The zero-order valence-corrected chi connectivity index (χ0v) is 15.2. The van der Waals surface area contributed by atoms with Crippen molar-refractivity contribution in [1.82, 2.24) is 0 Å². The van der Waals surface area contributed by atoms with Crippen molar-refractivity contribution >= 4 is 22.1 Å². The third-order valence-electron chi connectivity index (χ3n) is 3.63. The number of nitrogens with zero attached hydrogens (tertiary/aromatic N) is 2. The molecule has 0 amide bonds. The van der Waals surface area contributed by atoms with Gasteiger partial charge in [-0.25, -0.2) is 0 Å². The number of hydrogen-bond donors (Lipinski definition) is 0. The normalized spacial score (nSPS) is 10.8. The summed E-state index contributed by atoms with van der Waals surface area (Å²) in [6, 6.07) is 19.2. The molecule has 0 aliphatic rings. The van der Waals surface area contributed by atoms with Crippen molar-refractivity contribution in [2.24, 2.45) is 5.16 Å². The molecule has 0 radical (unpaired) electrons. The molecule has 0 unspecified atom stereocenters. The summed E-state index contributed by atoms with van der Waals surface area (Å²) in [5, 5.41) is 13.0. The smallest absolute Gasteiger partial charge is 0.149 e. The predicted molar refractivity (Wildman–Crippen MR) is 100 cm³/mol. The highest BCUT2D eigenvalue weighted by Crippen LogP contribution is 2.30. The van der Waals surface area contributed by atoms with E-state index < -0.39 is 0 Å². The number of rotatable bonds is 5. The van der Waals surface area contributed by atoms with Gasteiger partial charge in [0.05, 0.1) is 11.6 Å². The average Bonchev–Trinajstić information content (AvgIpc) is 3.07. The maximum atomic E-state index is 9.04. The maximum absolute atomic E-state index is 9.04. The number of halogens is 1. The second-order valence-corrected chi connectivity index (χ2v) is 6.32. The molecule has 1 heterocycles. The first-order valence-corrected chi connectivity index (χ1v) is 8.46.